The smallest absolute Gasteiger partial charge is 0.354 e. The first-order valence-electron chi connectivity index (χ1n) is 10.6. The zero-order valence-corrected chi connectivity index (χ0v) is 21.8. The van der Waals surface area contributed by atoms with Crippen molar-refractivity contribution in [3.05, 3.63) is 39.3 Å². The number of carbonyl (C=O) groups excluding carboxylic acids is 1. The maximum Gasteiger partial charge on any atom is 0.354 e. The molecule has 0 bridgehead atoms. The van der Waals surface area contributed by atoms with Gasteiger partial charge in [-0.05, 0) is 44.0 Å². The van der Waals surface area contributed by atoms with E-state index in [-0.39, 0.29) is 44.5 Å². The van der Waals surface area contributed by atoms with Gasteiger partial charge in [0.25, 0.3) is 0 Å². The second-order valence-electron chi connectivity index (χ2n) is 8.83. The van der Waals surface area contributed by atoms with Crippen molar-refractivity contribution in [2.75, 3.05) is 11.9 Å². The lowest BCUT2D eigenvalue weighted by Crippen LogP contribution is -2.25. The molecule has 9 nitrogen and oxygen atoms in total. The number of benzene rings is 1. The molecule has 1 aromatic heterocycles. The molecule has 1 heterocycles. The highest BCUT2D eigenvalue weighted by Gasteiger charge is 2.30. The van der Waals surface area contributed by atoms with E-state index in [0.717, 1.165) is 11.3 Å². The van der Waals surface area contributed by atoms with Crippen LogP contribution in [0.3, 0.4) is 0 Å². The Balaban J connectivity index is 2.58. The van der Waals surface area contributed by atoms with E-state index in [1.54, 1.807) is 19.9 Å². The monoisotopic (exact) mass is 513 g/mol. The maximum absolute atomic E-state index is 15.3. The van der Waals surface area contributed by atoms with E-state index in [2.05, 4.69) is 26.4 Å². The van der Waals surface area contributed by atoms with E-state index in [0.29, 0.717) is 11.1 Å². The third kappa shape index (κ3) is 5.87. The third-order valence-corrected chi connectivity index (χ3v) is 8.56. The number of rotatable bonds is 8. The number of nitrogens with zero attached hydrogens (tertiary/aromatic N) is 3. The second-order valence-corrected chi connectivity index (χ2v) is 11.8. The zero-order chi connectivity index (χ0) is 26.0. The van der Waals surface area contributed by atoms with Crippen LogP contribution in [-0.2, 0) is 22.1 Å². The molecule has 34 heavy (non-hydrogen) atoms. The molecule has 0 spiro atoms. The van der Waals surface area contributed by atoms with Crippen LogP contribution in [-0.4, -0.2) is 38.8 Å². The Bertz CT molecular complexity index is 1210. The summed E-state index contributed by atoms with van der Waals surface area (Å²) >= 11 is 0.801. The van der Waals surface area contributed by atoms with Crippen LogP contribution >= 0.6 is 11.3 Å². The molecule has 1 aromatic carbocycles. The van der Waals surface area contributed by atoms with Crippen molar-refractivity contribution < 1.29 is 23.6 Å². The van der Waals surface area contributed by atoms with Crippen molar-refractivity contribution in [2.45, 2.75) is 69.7 Å². The summed E-state index contributed by atoms with van der Waals surface area (Å²) in [6.07, 6.45) is 0. The number of aromatic nitrogens is 1. The van der Waals surface area contributed by atoms with Crippen molar-refractivity contribution in [2.24, 2.45) is 14.5 Å². The summed E-state index contributed by atoms with van der Waals surface area (Å²) in [6, 6.07) is 0.626. The first-order valence-corrected chi connectivity index (χ1v) is 13.0. The number of amides is 2. The molecule has 2 amide bonds. The lowest BCUT2D eigenvalue weighted by atomic mass is 9.89. The lowest BCUT2D eigenvalue weighted by molar-refractivity contribution is -0.00251. The number of aliphatic hydroxyl groups excluding tert-OH is 1. The SMILES string of the molecule is C=NCc1cc(C(C)C)c(NC(=O)N=S(N)(=O)c2sc(C(C)(O)CO)nc2C)c(C(C)C)c1F. The van der Waals surface area contributed by atoms with E-state index in [9.17, 15) is 19.2 Å². The Hall–Kier alpha value is -2.25. The highest BCUT2D eigenvalue weighted by atomic mass is 32.2. The van der Waals surface area contributed by atoms with Crippen molar-refractivity contribution in [3.63, 3.8) is 0 Å². The normalized spacial score (nSPS) is 15.2. The average molecular weight is 514 g/mol. The number of thiazole rings is 1. The number of nitrogens with one attached hydrogen (secondary N) is 1. The molecule has 0 saturated heterocycles. The number of carbonyl (C=O) groups is 1. The van der Waals surface area contributed by atoms with Crippen molar-refractivity contribution >= 4 is 39.7 Å². The van der Waals surface area contributed by atoms with Crippen LogP contribution < -0.4 is 10.5 Å². The lowest BCUT2D eigenvalue weighted by Gasteiger charge is -2.22. The van der Waals surface area contributed by atoms with Crippen LogP contribution in [0.15, 0.2) is 19.6 Å². The van der Waals surface area contributed by atoms with Gasteiger partial charge in [-0.2, -0.15) is 0 Å². The van der Waals surface area contributed by atoms with E-state index in [1.165, 1.54) is 13.8 Å². The molecule has 0 saturated carbocycles. The largest absolute Gasteiger partial charge is 0.393 e. The standard InChI is InChI=1S/C22H32FN5O4S2/c1-11(2)15-8-14(9-25-7)17(23)16(12(3)4)18(15)27-21(30)28-34(24,32)19-13(5)26-20(33-19)22(6,31)10-29/h8,11-12,29,31H,7,9-10H2,1-6H3,(H3,24,27,28,30,32). The minimum atomic E-state index is -3.74. The van der Waals surface area contributed by atoms with Crippen molar-refractivity contribution in [3.8, 4) is 0 Å². The number of aliphatic imine (C=N–C) groups is 1. The van der Waals surface area contributed by atoms with Gasteiger partial charge < -0.3 is 15.5 Å². The predicted molar refractivity (Wildman–Crippen MR) is 133 cm³/mol. The van der Waals surface area contributed by atoms with E-state index in [1.807, 2.05) is 13.8 Å². The molecule has 0 aliphatic rings. The Labute approximate surface area is 203 Å². The molecule has 0 aliphatic carbocycles. The number of urea groups is 1. The van der Waals surface area contributed by atoms with Gasteiger partial charge in [-0.15, -0.1) is 15.7 Å². The fourth-order valence-corrected chi connectivity index (χ4v) is 5.89. The highest BCUT2D eigenvalue weighted by molar-refractivity contribution is 7.93. The topological polar surface area (TPSA) is 150 Å². The number of aliphatic hydroxyl groups is 2. The fourth-order valence-electron chi connectivity index (χ4n) is 3.38. The third-order valence-electron chi connectivity index (χ3n) is 5.13. The number of nitrogens with two attached hydrogens (primary N) is 1. The zero-order valence-electron chi connectivity index (χ0n) is 20.2. The van der Waals surface area contributed by atoms with Gasteiger partial charge in [-0.1, -0.05) is 27.7 Å². The number of halogens is 1. The first-order chi connectivity index (χ1) is 15.7. The van der Waals surface area contributed by atoms with Crippen LogP contribution in [0, 0.1) is 12.7 Å². The van der Waals surface area contributed by atoms with Crippen LogP contribution in [0.2, 0.25) is 0 Å². The Morgan fingerprint density at radius 2 is 2.00 bits per heavy atom. The summed E-state index contributed by atoms with van der Waals surface area (Å²) in [5.41, 5.74) is 0.130. The van der Waals surface area contributed by atoms with E-state index < -0.39 is 34.0 Å². The van der Waals surface area contributed by atoms with Gasteiger partial charge in [0, 0.05) is 11.1 Å². The van der Waals surface area contributed by atoms with Gasteiger partial charge >= 0.3 is 6.03 Å². The Morgan fingerprint density at radius 3 is 2.50 bits per heavy atom. The Kier molecular flexibility index (Phi) is 8.70. The first kappa shape index (κ1) is 28.0. The van der Waals surface area contributed by atoms with Crippen LogP contribution in [0.1, 0.15) is 73.8 Å². The summed E-state index contributed by atoms with van der Waals surface area (Å²) in [6.45, 7) is 13.2. The summed E-state index contributed by atoms with van der Waals surface area (Å²) < 4.78 is 32.1. The average Bonchev–Trinajstić information content (AvgIpc) is 3.12. The number of hydrogen-bond acceptors (Lipinski definition) is 7. The minimum absolute atomic E-state index is 0.00173. The van der Waals surface area contributed by atoms with Gasteiger partial charge in [-0.3, -0.25) is 4.99 Å². The predicted octanol–water partition coefficient (Wildman–Crippen LogP) is 4.17. The molecule has 188 valence electrons. The highest BCUT2D eigenvalue weighted by Crippen LogP contribution is 2.37. The summed E-state index contributed by atoms with van der Waals surface area (Å²) in [7, 11) is -3.74. The van der Waals surface area contributed by atoms with Crippen molar-refractivity contribution in [1.82, 2.24) is 4.98 Å². The molecule has 2 rings (SSSR count). The molecular formula is C22H32FN5O4S2. The Morgan fingerprint density at radius 1 is 1.38 bits per heavy atom. The quantitative estimate of drug-likeness (QED) is 0.391. The van der Waals surface area contributed by atoms with Crippen LogP contribution in [0.4, 0.5) is 14.9 Å². The molecule has 2 unspecified atom stereocenters. The number of aryl methyl sites for hydroxylation is 1. The molecule has 12 heteroatoms. The van der Waals surface area contributed by atoms with E-state index >= 15 is 4.39 Å². The molecule has 0 radical (unpaired) electrons. The van der Waals surface area contributed by atoms with Gasteiger partial charge in [0.2, 0.25) is 0 Å². The molecule has 0 aliphatic heterocycles. The maximum atomic E-state index is 15.3. The summed E-state index contributed by atoms with van der Waals surface area (Å²) in [5.74, 6) is -0.859. The van der Waals surface area contributed by atoms with Gasteiger partial charge in [0.05, 0.1) is 24.5 Å². The summed E-state index contributed by atoms with van der Waals surface area (Å²) in [5, 5.41) is 28.2. The molecule has 2 atom stereocenters. The number of anilines is 1. The molecular weight excluding hydrogens is 481 g/mol. The second kappa shape index (κ2) is 10.6. The number of hydrogen-bond donors (Lipinski definition) is 4. The van der Waals surface area contributed by atoms with Crippen LogP contribution in [0.25, 0.3) is 0 Å². The molecule has 0 fully saturated rings. The van der Waals surface area contributed by atoms with E-state index in [4.69, 9.17) is 5.14 Å². The van der Waals surface area contributed by atoms with Crippen molar-refractivity contribution in [1.29, 1.82) is 0 Å². The van der Waals surface area contributed by atoms with Gasteiger partial charge in [-0.25, -0.2) is 23.5 Å². The van der Waals surface area contributed by atoms with Gasteiger partial charge in [0.15, 0.2) is 9.92 Å². The van der Waals surface area contributed by atoms with Crippen LogP contribution in [0.5, 0.6) is 0 Å². The fraction of sp³-hybridized carbons (Fsp3) is 0.500. The minimum Gasteiger partial charge on any atom is -0.393 e. The molecule has 2 aromatic rings. The van der Waals surface area contributed by atoms with Gasteiger partial charge in [0.1, 0.15) is 20.6 Å². The summed E-state index contributed by atoms with van der Waals surface area (Å²) in [4.78, 5) is 20.8. The molecule has 5 N–H and O–H groups in total.